The van der Waals surface area contributed by atoms with Gasteiger partial charge in [0.2, 0.25) is 5.88 Å². The number of benzene rings is 1. The monoisotopic (exact) mass is 340 g/mol. The van der Waals surface area contributed by atoms with Gasteiger partial charge in [0.15, 0.2) is 0 Å². The molecule has 3 aromatic rings. The van der Waals surface area contributed by atoms with Gasteiger partial charge in [-0.1, -0.05) is 6.07 Å². The van der Waals surface area contributed by atoms with Crippen molar-refractivity contribution in [2.45, 2.75) is 0 Å². The van der Waals surface area contributed by atoms with Gasteiger partial charge >= 0.3 is 5.97 Å². The van der Waals surface area contributed by atoms with Crippen LogP contribution in [0.25, 0.3) is 21.9 Å². The van der Waals surface area contributed by atoms with E-state index < -0.39 is 5.97 Å². The number of aryl methyl sites for hydroxylation is 1. The first-order valence-corrected chi connectivity index (χ1v) is 7.88. The largest absolute Gasteiger partial charge is 0.478 e. The highest BCUT2D eigenvalue weighted by atomic mass is 16.5. The fourth-order valence-electron chi connectivity index (χ4n) is 2.58. The van der Waals surface area contributed by atoms with E-state index in [9.17, 15) is 9.90 Å². The maximum atomic E-state index is 11.3. The molecule has 130 valence electrons. The van der Waals surface area contributed by atoms with Crippen LogP contribution in [0, 0.1) is 0 Å². The van der Waals surface area contributed by atoms with Crippen LogP contribution in [-0.4, -0.2) is 58.0 Å². The fourth-order valence-corrected chi connectivity index (χ4v) is 2.58. The molecule has 0 bridgehead atoms. The Morgan fingerprint density at radius 2 is 2.08 bits per heavy atom. The van der Waals surface area contributed by atoms with Crippen molar-refractivity contribution in [2.75, 3.05) is 27.2 Å². The quantitative estimate of drug-likeness (QED) is 0.741. The minimum Gasteiger partial charge on any atom is -0.478 e. The van der Waals surface area contributed by atoms with Gasteiger partial charge < -0.3 is 14.7 Å². The third-order valence-corrected chi connectivity index (χ3v) is 3.89. The molecule has 0 aliphatic heterocycles. The zero-order chi connectivity index (χ0) is 18.0. The molecule has 1 N–H and O–H groups in total. The number of rotatable bonds is 6. The lowest BCUT2D eigenvalue weighted by Crippen LogP contribution is -2.19. The Bertz CT molecular complexity index is 918. The third-order valence-electron chi connectivity index (χ3n) is 3.89. The topological polar surface area (TPSA) is 80.5 Å². The Morgan fingerprint density at radius 3 is 2.72 bits per heavy atom. The first kappa shape index (κ1) is 16.9. The SMILES string of the molecule is CN(C)CCOc1ncc(-c2cnn(C)c2)c2ccc(C(=O)O)cc12. The molecule has 2 heterocycles. The van der Waals surface area contributed by atoms with Crippen molar-refractivity contribution < 1.29 is 14.6 Å². The smallest absolute Gasteiger partial charge is 0.335 e. The Kier molecular flexibility index (Phi) is 4.67. The van der Waals surface area contributed by atoms with Crippen LogP contribution in [0.3, 0.4) is 0 Å². The standard InChI is InChI=1S/C18H20N4O3/c1-21(2)6-7-25-17-15-8-12(18(23)24)4-5-14(15)16(10-19-17)13-9-20-22(3)11-13/h4-5,8-11H,6-7H2,1-3H3,(H,23,24). The first-order chi connectivity index (χ1) is 12.0. The number of fused-ring (bicyclic) bond motifs is 1. The summed E-state index contributed by atoms with van der Waals surface area (Å²) in [5.41, 5.74) is 2.01. The van der Waals surface area contributed by atoms with Crippen LogP contribution in [0.4, 0.5) is 0 Å². The highest BCUT2D eigenvalue weighted by Crippen LogP contribution is 2.33. The van der Waals surface area contributed by atoms with Gasteiger partial charge in [-0.15, -0.1) is 0 Å². The molecule has 0 aliphatic rings. The lowest BCUT2D eigenvalue weighted by atomic mass is 10.0. The predicted molar refractivity (Wildman–Crippen MR) is 95.0 cm³/mol. The van der Waals surface area contributed by atoms with E-state index in [0.29, 0.717) is 17.9 Å². The second-order valence-electron chi connectivity index (χ2n) is 6.10. The second kappa shape index (κ2) is 6.90. The molecule has 0 atom stereocenters. The van der Waals surface area contributed by atoms with Crippen molar-refractivity contribution in [2.24, 2.45) is 7.05 Å². The molecule has 0 unspecified atom stereocenters. The summed E-state index contributed by atoms with van der Waals surface area (Å²) in [7, 11) is 5.77. The minimum absolute atomic E-state index is 0.204. The molecule has 0 spiro atoms. The molecule has 0 aliphatic carbocycles. The maximum Gasteiger partial charge on any atom is 0.335 e. The summed E-state index contributed by atoms with van der Waals surface area (Å²) in [6.45, 7) is 1.21. The van der Waals surface area contributed by atoms with E-state index in [4.69, 9.17) is 4.74 Å². The predicted octanol–water partition coefficient (Wildman–Crippen LogP) is 2.27. The molecule has 2 aromatic heterocycles. The number of aromatic carboxylic acids is 1. The molecule has 0 saturated carbocycles. The van der Waals surface area contributed by atoms with Crippen molar-refractivity contribution in [1.29, 1.82) is 0 Å². The molecule has 0 fully saturated rings. The molecule has 3 rings (SSSR count). The second-order valence-corrected chi connectivity index (χ2v) is 6.10. The highest BCUT2D eigenvalue weighted by molar-refractivity contribution is 6.02. The van der Waals surface area contributed by atoms with Gasteiger partial charge in [0, 0.05) is 42.5 Å². The van der Waals surface area contributed by atoms with Crippen LogP contribution < -0.4 is 4.74 Å². The summed E-state index contributed by atoms with van der Waals surface area (Å²) >= 11 is 0. The Balaban J connectivity index is 2.10. The lowest BCUT2D eigenvalue weighted by Gasteiger charge is -2.13. The third kappa shape index (κ3) is 3.61. The average molecular weight is 340 g/mol. The van der Waals surface area contributed by atoms with E-state index in [0.717, 1.165) is 23.1 Å². The summed E-state index contributed by atoms with van der Waals surface area (Å²) < 4.78 is 7.51. The number of carboxylic acids is 1. The number of pyridine rings is 1. The molecule has 1 aromatic carbocycles. The molecular weight excluding hydrogens is 320 g/mol. The van der Waals surface area contributed by atoms with Gasteiger partial charge in [0.1, 0.15) is 6.61 Å². The highest BCUT2D eigenvalue weighted by Gasteiger charge is 2.14. The van der Waals surface area contributed by atoms with Crippen LogP contribution in [0.2, 0.25) is 0 Å². The Hall–Kier alpha value is -2.93. The summed E-state index contributed by atoms with van der Waals surface area (Å²) in [5.74, 6) is -0.541. The molecule has 0 radical (unpaired) electrons. The van der Waals surface area contributed by atoms with Crippen molar-refractivity contribution in [3.05, 3.63) is 42.4 Å². The van der Waals surface area contributed by atoms with Gasteiger partial charge in [-0.3, -0.25) is 4.68 Å². The number of carboxylic acid groups (broad SMARTS) is 1. The van der Waals surface area contributed by atoms with Crippen molar-refractivity contribution in [1.82, 2.24) is 19.7 Å². The van der Waals surface area contributed by atoms with E-state index >= 15 is 0 Å². The summed E-state index contributed by atoms with van der Waals surface area (Å²) in [5, 5.41) is 15.1. The molecule has 0 saturated heterocycles. The number of aromatic nitrogens is 3. The van der Waals surface area contributed by atoms with Crippen molar-refractivity contribution >= 4 is 16.7 Å². The number of likely N-dealkylation sites (N-methyl/N-ethyl adjacent to an activating group) is 1. The number of nitrogens with zero attached hydrogens (tertiary/aromatic N) is 4. The van der Waals surface area contributed by atoms with Crippen LogP contribution in [-0.2, 0) is 7.05 Å². The van der Waals surface area contributed by atoms with E-state index in [1.54, 1.807) is 35.3 Å². The van der Waals surface area contributed by atoms with Crippen LogP contribution in [0.5, 0.6) is 5.88 Å². The number of carbonyl (C=O) groups is 1. The molecule has 25 heavy (non-hydrogen) atoms. The van der Waals surface area contributed by atoms with Crippen LogP contribution in [0.1, 0.15) is 10.4 Å². The number of ether oxygens (including phenoxy) is 1. The zero-order valence-corrected chi connectivity index (χ0v) is 14.4. The van der Waals surface area contributed by atoms with E-state index in [-0.39, 0.29) is 5.56 Å². The normalized spacial score (nSPS) is 11.2. The fraction of sp³-hybridized carbons (Fsp3) is 0.278. The van der Waals surface area contributed by atoms with E-state index in [2.05, 4.69) is 10.1 Å². The van der Waals surface area contributed by atoms with Crippen LogP contribution >= 0.6 is 0 Å². The maximum absolute atomic E-state index is 11.3. The van der Waals surface area contributed by atoms with Gasteiger partial charge in [-0.2, -0.15) is 5.10 Å². The molecular formula is C18H20N4O3. The van der Waals surface area contributed by atoms with Gasteiger partial charge in [0.25, 0.3) is 0 Å². The minimum atomic E-state index is -0.979. The summed E-state index contributed by atoms with van der Waals surface area (Å²) in [6.07, 6.45) is 5.40. The Labute approximate surface area is 145 Å². The summed E-state index contributed by atoms with van der Waals surface area (Å²) in [6, 6.07) is 4.99. The van der Waals surface area contributed by atoms with Crippen molar-refractivity contribution in [3.63, 3.8) is 0 Å². The van der Waals surface area contributed by atoms with E-state index in [1.165, 1.54) is 0 Å². The van der Waals surface area contributed by atoms with Gasteiger partial charge in [0.05, 0.1) is 11.8 Å². The number of hydrogen-bond donors (Lipinski definition) is 1. The zero-order valence-electron chi connectivity index (χ0n) is 14.4. The average Bonchev–Trinajstić information content (AvgIpc) is 3.00. The molecule has 7 heteroatoms. The number of hydrogen-bond acceptors (Lipinski definition) is 5. The summed E-state index contributed by atoms with van der Waals surface area (Å²) in [4.78, 5) is 17.8. The first-order valence-electron chi connectivity index (χ1n) is 7.88. The molecule has 7 nitrogen and oxygen atoms in total. The lowest BCUT2D eigenvalue weighted by molar-refractivity contribution is 0.0697. The van der Waals surface area contributed by atoms with Crippen molar-refractivity contribution in [3.8, 4) is 17.0 Å². The Morgan fingerprint density at radius 1 is 1.28 bits per heavy atom. The van der Waals surface area contributed by atoms with Crippen LogP contribution in [0.15, 0.2) is 36.8 Å². The molecule has 0 amide bonds. The van der Waals surface area contributed by atoms with Gasteiger partial charge in [-0.25, -0.2) is 9.78 Å². The van der Waals surface area contributed by atoms with E-state index in [1.807, 2.05) is 32.2 Å². The van der Waals surface area contributed by atoms with Gasteiger partial charge in [-0.05, 0) is 31.6 Å².